The summed E-state index contributed by atoms with van der Waals surface area (Å²) in [6.07, 6.45) is 2.54. The predicted octanol–water partition coefficient (Wildman–Crippen LogP) is 2.97. The number of nitrogens with zero attached hydrogens (tertiary/aromatic N) is 3. The topological polar surface area (TPSA) is 61.4 Å². The van der Waals surface area contributed by atoms with Gasteiger partial charge in [0.1, 0.15) is 5.75 Å². The van der Waals surface area contributed by atoms with Gasteiger partial charge in [-0.2, -0.15) is 0 Å². The lowest BCUT2D eigenvalue weighted by Crippen LogP contribution is -2.43. The van der Waals surface area contributed by atoms with Crippen molar-refractivity contribution in [3.8, 4) is 5.75 Å². The van der Waals surface area contributed by atoms with Crippen molar-refractivity contribution in [3.63, 3.8) is 0 Å². The molecule has 2 N–H and O–H groups in total. The minimum atomic E-state index is 0. The van der Waals surface area contributed by atoms with Gasteiger partial charge >= 0.3 is 0 Å². The molecule has 2 aliphatic heterocycles. The molecule has 0 spiro atoms. The van der Waals surface area contributed by atoms with Crippen LogP contribution >= 0.6 is 24.0 Å². The molecule has 7 nitrogen and oxygen atoms in total. The molecule has 2 fully saturated rings. The van der Waals surface area contributed by atoms with Crippen LogP contribution in [0.15, 0.2) is 29.3 Å². The molecule has 2 unspecified atom stereocenters. The zero-order chi connectivity index (χ0) is 21.9. The zero-order valence-electron chi connectivity index (χ0n) is 20.0. The summed E-state index contributed by atoms with van der Waals surface area (Å²) < 4.78 is 10.9. The molecule has 2 heterocycles. The molecule has 8 heteroatoms. The molecular formula is C24H42IN5O2. The van der Waals surface area contributed by atoms with E-state index in [1.165, 1.54) is 18.4 Å². The third kappa shape index (κ3) is 8.68. The normalized spacial score (nSPS) is 19.8. The van der Waals surface area contributed by atoms with E-state index in [4.69, 9.17) is 14.5 Å². The summed E-state index contributed by atoms with van der Waals surface area (Å²) in [4.78, 5) is 9.96. The van der Waals surface area contributed by atoms with E-state index < -0.39 is 0 Å². The number of rotatable bonds is 10. The lowest BCUT2D eigenvalue weighted by atomic mass is 10.1. The maximum absolute atomic E-state index is 5.47. The third-order valence-corrected chi connectivity index (χ3v) is 6.10. The number of methoxy groups -OCH3 is 1. The van der Waals surface area contributed by atoms with Gasteiger partial charge in [-0.05, 0) is 56.5 Å². The maximum Gasteiger partial charge on any atom is 0.191 e. The summed E-state index contributed by atoms with van der Waals surface area (Å²) in [5, 5.41) is 7.04. The number of ether oxygens (including phenoxy) is 2. The van der Waals surface area contributed by atoms with Crippen molar-refractivity contribution in [2.24, 2.45) is 10.9 Å². The van der Waals surface area contributed by atoms with Gasteiger partial charge in [0.05, 0.1) is 26.4 Å². The molecule has 182 valence electrons. The first-order valence-electron chi connectivity index (χ1n) is 11.9. The first-order valence-corrected chi connectivity index (χ1v) is 11.9. The average molecular weight is 560 g/mol. The standard InChI is InChI=1S/C24H41N5O2.HI/c1-4-25-24(26-17-20(2)19-28-12-14-31-15-13-28)27-18-23(29-10-5-6-11-29)21-8-7-9-22(16-21)30-3;/h7-9,16,20,23H,4-6,10-15,17-19H2,1-3H3,(H2,25,26,27);1H. The van der Waals surface area contributed by atoms with E-state index in [9.17, 15) is 0 Å². The molecule has 1 aromatic carbocycles. The van der Waals surface area contributed by atoms with Gasteiger partial charge in [-0.15, -0.1) is 24.0 Å². The molecule has 0 aromatic heterocycles. The summed E-state index contributed by atoms with van der Waals surface area (Å²) in [5.41, 5.74) is 1.30. The number of likely N-dealkylation sites (tertiary alicyclic amines) is 1. The maximum atomic E-state index is 5.47. The van der Waals surface area contributed by atoms with Crippen molar-refractivity contribution < 1.29 is 9.47 Å². The summed E-state index contributed by atoms with van der Waals surface area (Å²) in [6.45, 7) is 14.0. The second-order valence-corrected chi connectivity index (χ2v) is 8.65. The lowest BCUT2D eigenvalue weighted by Gasteiger charge is -2.29. The van der Waals surface area contributed by atoms with Crippen LogP contribution in [0.1, 0.15) is 38.3 Å². The van der Waals surface area contributed by atoms with E-state index >= 15 is 0 Å². The molecule has 1 aromatic rings. The van der Waals surface area contributed by atoms with Crippen molar-refractivity contribution in [1.82, 2.24) is 20.4 Å². The molecule has 0 amide bonds. The molecule has 0 aliphatic carbocycles. The van der Waals surface area contributed by atoms with Crippen molar-refractivity contribution in [3.05, 3.63) is 29.8 Å². The first-order chi connectivity index (χ1) is 15.2. The van der Waals surface area contributed by atoms with E-state index in [2.05, 4.69) is 52.5 Å². The minimum Gasteiger partial charge on any atom is -0.497 e. The van der Waals surface area contributed by atoms with Crippen molar-refractivity contribution in [2.75, 3.05) is 72.7 Å². The van der Waals surface area contributed by atoms with E-state index in [1.54, 1.807) is 7.11 Å². The zero-order valence-corrected chi connectivity index (χ0v) is 22.3. The van der Waals surface area contributed by atoms with Crippen LogP contribution in [0.5, 0.6) is 5.75 Å². The largest absolute Gasteiger partial charge is 0.497 e. The van der Waals surface area contributed by atoms with E-state index in [0.717, 1.165) is 77.3 Å². The summed E-state index contributed by atoms with van der Waals surface area (Å²) >= 11 is 0. The number of halogens is 1. The fourth-order valence-electron chi connectivity index (χ4n) is 4.42. The fraction of sp³-hybridized carbons (Fsp3) is 0.708. The van der Waals surface area contributed by atoms with Gasteiger partial charge in [-0.3, -0.25) is 14.8 Å². The third-order valence-electron chi connectivity index (χ3n) is 6.10. The Morgan fingerprint density at radius 2 is 1.91 bits per heavy atom. The Morgan fingerprint density at radius 1 is 1.16 bits per heavy atom. The van der Waals surface area contributed by atoms with Crippen LogP contribution in [0.4, 0.5) is 0 Å². The SMILES string of the molecule is CCNC(=NCC(C)CN1CCOCC1)NCC(c1cccc(OC)c1)N1CCCC1.I. The van der Waals surface area contributed by atoms with E-state index in [1.807, 2.05) is 6.07 Å². The van der Waals surface area contributed by atoms with Gasteiger partial charge in [-0.1, -0.05) is 19.1 Å². The number of guanidine groups is 1. The van der Waals surface area contributed by atoms with Gasteiger partial charge in [0.25, 0.3) is 0 Å². The molecule has 0 bridgehead atoms. The highest BCUT2D eigenvalue weighted by Gasteiger charge is 2.24. The van der Waals surface area contributed by atoms with Crippen molar-refractivity contribution >= 4 is 29.9 Å². The Bertz CT molecular complexity index is 678. The Labute approximate surface area is 211 Å². The number of benzene rings is 1. The van der Waals surface area contributed by atoms with Crippen molar-refractivity contribution in [2.45, 2.75) is 32.7 Å². The van der Waals surface area contributed by atoms with Crippen molar-refractivity contribution in [1.29, 1.82) is 0 Å². The number of hydrogen-bond donors (Lipinski definition) is 2. The summed E-state index contributed by atoms with van der Waals surface area (Å²) in [7, 11) is 1.73. The smallest absolute Gasteiger partial charge is 0.191 e. The van der Waals surface area contributed by atoms with Crippen LogP contribution < -0.4 is 15.4 Å². The number of morpholine rings is 1. The molecule has 0 radical (unpaired) electrons. The van der Waals surface area contributed by atoms with Gasteiger partial charge in [0.2, 0.25) is 0 Å². The second kappa shape index (κ2) is 14.9. The van der Waals surface area contributed by atoms with Crippen LogP contribution in [-0.4, -0.2) is 88.4 Å². The predicted molar refractivity (Wildman–Crippen MR) is 142 cm³/mol. The highest BCUT2D eigenvalue weighted by Crippen LogP contribution is 2.27. The van der Waals surface area contributed by atoms with Crippen LogP contribution in [0.25, 0.3) is 0 Å². The number of aliphatic imine (C=N–C) groups is 1. The van der Waals surface area contributed by atoms with Gasteiger partial charge in [-0.25, -0.2) is 0 Å². The molecule has 2 aliphatic rings. The summed E-state index contributed by atoms with van der Waals surface area (Å²) in [6, 6.07) is 8.79. The first kappa shape index (κ1) is 27.1. The second-order valence-electron chi connectivity index (χ2n) is 8.65. The van der Waals surface area contributed by atoms with E-state index in [0.29, 0.717) is 12.0 Å². The molecular weight excluding hydrogens is 517 g/mol. The van der Waals surface area contributed by atoms with Gasteiger partial charge in [0, 0.05) is 39.3 Å². The average Bonchev–Trinajstić information content (AvgIpc) is 3.33. The van der Waals surface area contributed by atoms with Crippen LogP contribution in [-0.2, 0) is 4.74 Å². The highest BCUT2D eigenvalue weighted by molar-refractivity contribution is 14.0. The summed E-state index contributed by atoms with van der Waals surface area (Å²) in [5.74, 6) is 2.34. The molecule has 0 saturated carbocycles. The Morgan fingerprint density at radius 3 is 2.59 bits per heavy atom. The monoisotopic (exact) mass is 559 g/mol. The van der Waals surface area contributed by atoms with Crippen LogP contribution in [0.2, 0.25) is 0 Å². The number of nitrogens with one attached hydrogen (secondary N) is 2. The Kier molecular flexibility index (Phi) is 12.7. The van der Waals surface area contributed by atoms with E-state index in [-0.39, 0.29) is 24.0 Å². The Balaban J connectivity index is 0.00000363. The fourth-order valence-corrected chi connectivity index (χ4v) is 4.42. The molecule has 3 rings (SSSR count). The molecule has 32 heavy (non-hydrogen) atoms. The quantitative estimate of drug-likeness (QED) is 0.261. The number of hydrogen-bond acceptors (Lipinski definition) is 5. The molecule has 2 atom stereocenters. The minimum absolute atomic E-state index is 0. The van der Waals surface area contributed by atoms with Gasteiger partial charge < -0.3 is 20.1 Å². The van der Waals surface area contributed by atoms with Crippen LogP contribution in [0, 0.1) is 5.92 Å². The molecule has 2 saturated heterocycles. The lowest BCUT2D eigenvalue weighted by molar-refractivity contribution is 0.0323. The van der Waals surface area contributed by atoms with Crippen LogP contribution in [0.3, 0.4) is 0 Å². The highest BCUT2D eigenvalue weighted by atomic mass is 127. The van der Waals surface area contributed by atoms with Gasteiger partial charge in [0.15, 0.2) is 5.96 Å². The Hall–Kier alpha value is -1.10.